The second kappa shape index (κ2) is 8.65. The molecule has 0 atom stereocenters. The monoisotopic (exact) mass is 406 g/mol. The smallest absolute Gasteiger partial charge is 0.296 e. The second-order valence-corrected chi connectivity index (χ2v) is 6.02. The number of benzene rings is 3. The summed E-state index contributed by atoms with van der Waals surface area (Å²) in [7, 11) is 0. The van der Waals surface area contributed by atoms with Gasteiger partial charge in [-0.3, -0.25) is 20.2 Å². The zero-order chi connectivity index (χ0) is 21.7. The molecule has 0 aliphatic heterocycles. The standard InChI is InChI=1S/C19H14N6O5/c1-12-10-13(20-21-14-6-2-4-8-17(14)24(27)28)11-16(19(12)26)23-22-15-7-3-5-9-18(15)25(29)30/h2-11,26H,1H3. The number of aryl methyl sites for hydroxylation is 1. The predicted molar refractivity (Wildman–Crippen MR) is 107 cm³/mol. The summed E-state index contributed by atoms with van der Waals surface area (Å²) >= 11 is 0. The van der Waals surface area contributed by atoms with Gasteiger partial charge in [0, 0.05) is 12.1 Å². The number of nitro benzene ring substituents is 2. The summed E-state index contributed by atoms with van der Waals surface area (Å²) in [4.78, 5) is 21.0. The number of nitro groups is 2. The van der Waals surface area contributed by atoms with Gasteiger partial charge in [0.15, 0.2) is 11.4 Å². The molecule has 0 bridgehead atoms. The van der Waals surface area contributed by atoms with E-state index in [0.29, 0.717) is 5.56 Å². The van der Waals surface area contributed by atoms with E-state index < -0.39 is 9.85 Å². The number of phenolic OH excluding ortho intramolecular Hbond substituents is 1. The molecule has 11 nitrogen and oxygen atoms in total. The van der Waals surface area contributed by atoms with Crippen LogP contribution in [0.2, 0.25) is 0 Å². The second-order valence-electron chi connectivity index (χ2n) is 6.02. The number of hydrogen-bond donors (Lipinski definition) is 1. The summed E-state index contributed by atoms with van der Waals surface area (Å²) < 4.78 is 0. The Balaban J connectivity index is 1.96. The molecule has 0 saturated carbocycles. The molecule has 0 heterocycles. The van der Waals surface area contributed by atoms with Gasteiger partial charge in [-0.15, -0.1) is 15.3 Å². The van der Waals surface area contributed by atoms with Crippen LogP contribution in [0.1, 0.15) is 5.56 Å². The van der Waals surface area contributed by atoms with Gasteiger partial charge in [0.05, 0.1) is 15.5 Å². The van der Waals surface area contributed by atoms with Crippen LogP contribution in [0.4, 0.5) is 34.1 Å². The summed E-state index contributed by atoms with van der Waals surface area (Å²) in [5.41, 5.74) is 0.343. The summed E-state index contributed by atoms with van der Waals surface area (Å²) in [5, 5.41) is 48.0. The number of para-hydroxylation sites is 2. The average molecular weight is 406 g/mol. The summed E-state index contributed by atoms with van der Waals surface area (Å²) in [6, 6.07) is 14.5. The van der Waals surface area contributed by atoms with Crippen molar-refractivity contribution < 1.29 is 15.0 Å². The highest BCUT2D eigenvalue weighted by Crippen LogP contribution is 2.37. The van der Waals surface area contributed by atoms with E-state index in [2.05, 4.69) is 20.5 Å². The largest absolute Gasteiger partial charge is 0.505 e. The Hall–Kier alpha value is -4.54. The normalized spacial score (nSPS) is 11.2. The van der Waals surface area contributed by atoms with Gasteiger partial charge in [-0.05, 0) is 36.8 Å². The van der Waals surface area contributed by atoms with Crippen molar-refractivity contribution in [2.75, 3.05) is 0 Å². The quantitative estimate of drug-likeness (QED) is 0.287. The molecule has 0 aliphatic carbocycles. The third kappa shape index (κ3) is 4.47. The van der Waals surface area contributed by atoms with Crippen molar-refractivity contribution in [2.45, 2.75) is 6.92 Å². The van der Waals surface area contributed by atoms with Crippen LogP contribution in [-0.2, 0) is 0 Å². The van der Waals surface area contributed by atoms with E-state index in [4.69, 9.17) is 0 Å². The highest BCUT2D eigenvalue weighted by atomic mass is 16.6. The van der Waals surface area contributed by atoms with Gasteiger partial charge < -0.3 is 5.11 Å². The van der Waals surface area contributed by atoms with Crippen molar-refractivity contribution in [3.05, 3.63) is 86.5 Å². The van der Waals surface area contributed by atoms with Crippen LogP contribution in [0.15, 0.2) is 81.1 Å². The van der Waals surface area contributed by atoms with E-state index in [0.717, 1.165) is 0 Å². The first-order valence-electron chi connectivity index (χ1n) is 8.50. The number of hydrogen-bond acceptors (Lipinski definition) is 9. The van der Waals surface area contributed by atoms with Crippen molar-refractivity contribution >= 4 is 34.1 Å². The lowest BCUT2D eigenvalue weighted by Crippen LogP contribution is -1.87. The Labute approximate surface area is 169 Å². The molecule has 150 valence electrons. The van der Waals surface area contributed by atoms with Crippen LogP contribution in [0.5, 0.6) is 5.75 Å². The third-order valence-corrected chi connectivity index (χ3v) is 3.96. The van der Waals surface area contributed by atoms with Crippen molar-refractivity contribution in [3.8, 4) is 5.75 Å². The maximum Gasteiger partial charge on any atom is 0.296 e. The molecule has 3 aromatic rings. The minimum Gasteiger partial charge on any atom is -0.505 e. The maximum absolute atomic E-state index is 11.1. The van der Waals surface area contributed by atoms with Crippen molar-refractivity contribution in [3.63, 3.8) is 0 Å². The van der Waals surface area contributed by atoms with Gasteiger partial charge in [-0.25, -0.2) is 0 Å². The Morgan fingerprint density at radius 1 is 0.733 bits per heavy atom. The Morgan fingerprint density at radius 2 is 1.20 bits per heavy atom. The fraction of sp³-hybridized carbons (Fsp3) is 0.0526. The Morgan fingerprint density at radius 3 is 1.73 bits per heavy atom. The molecule has 1 N–H and O–H groups in total. The lowest BCUT2D eigenvalue weighted by Gasteiger charge is -2.04. The van der Waals surface area contributed by atoms with Crippen LogP contribution in [0, 0.1) is 27.2 Å². The molecule has 0 saturated heterocycles. The van der Waals surface area contributed by atoms with Gasteiger partial charge >= 0.3 is 0 Å². The number of phenols is 1. The zero-order valence-corrected chi connectivity index (χ0v) is 15.5. The third-order valence-electron chi connectivity index (χ3n) is 3.96. The molecular formula is C19H14N6O5. The Kier molecular flexibility index (Phi) is 5.82. The number of rotatable bonds is 6. The maximum atomic E-state index is 11.1. The SMILES string of the molecule is Cc1cc(N=Nc2ccccc2[N+](=O)[O-])cc(N=Nc2ccccc2[N+](=O)[O-])c1O. The molecule has 0 spiro atoms. The van der Waals surface area contributed by atoms with Gasteiger partial charge in [-0.1, -0.05) is 24.3 Å². The molecule has 0 aromatic heterocycles. The van der Waals surface area contributed by atoms with Crippen molar-refractivity contribution in [2.24, 2.45) is 20.5 Å². The van der Waals surface area contributed by atoms with Crippen LogP contribution < -0.4 is 0 Å². The van der Waals surface area contributed by atoms with Crippen molar-refractivity contribution in [1.29, 1.82) is 0 Å². The number of aromatic hydroxyl groups is 1. The summed E-state index contributed by atoms with van der Waals surface area (Å²) in [5.74, 6) is -0.179. The number of nitrogens with zero attached hydrogens (tertiary/aromatic N) is 6. The molecular weight excluding hydrogens is 392 g/mol. The first-order chi connectivity index (χ1) is 14.4. The molecule has 0 fully saturated rings. The van der Waals surface area contributed by atoms with Crippen LogP contribution in [0.25, 0.3) is 0 Å². The van der Waals surface area contributed by atoms with E-state index in [1.165, 1.54) is 48.5 Å². The molecule has 0 aliphatic rings. The van der Waals surface area contributed by atoms with Gasteiger partial charge in [0.2, 0.25) is 0 Å². The van der Waals surface area contributed by atoms with E-state index in [1.807, 2.05) is 0 Å². The fourth-order valence-corrected chi connectivity index (χ4v) is 2.50. The minimum atomic E-state index is -0.586. The van der Waals surface area contributed by atoms with Crippen LogP contribution in [-0.4, -0.2) is 15.0 Å². The Bertz CT molecular complexity index is 1190. The van der Waals surface area contributed by atoms with Gasteiger partial charge in [0.25, 0.3) is 11.4 Å². The first kappa shape index (κ1) is 20.2. The molecule has 30 heavy (non-hydrogen) atoms. The van der Waals surface area contributed by atoms with E-state index in [-0.39, 0.29) is 39.9 Å². The van der Waals surface area contributed by atoms with Crippen LogP contribution in [0.3, 0.4) is 0 Å². The lowest BCUT2D eigenvalue weighted by atomic mass is 10.2. The minimum absolute atomic E-state index is 0.0182. The van der Waals surface area contributed by atoms with E-state index in [9.17, 15) is 25.3 Å². The van der Waals surface area contributed by atoms with E-state index >= 15 is 0 Å². The molecule has 0 unspecified atom stereocenters. The van der Waals surface area contributed by atoms with Crippen molar-refractivity contribution in [1.82, 2.24) is 0 Å². The van der Waals surface area contributed by atoms with Crippen LogP contribution >= 0.6 is 0 Å². The summed E-state index contributed by atoms with van der Waals surface area (Å²) in [6.45, 7) is 1.60. The predicted octanol–water partition coefficient (Wildman–Crippen LogP) is 6.35. The average Bonchev–Trinajstić information content (AvgIpc) is 2.73. The molecule has 3 rings (SSSR count). The summed E-state index contributed by atoms with van der Waals surface area (Å²) in [6.07, 6.45) is 0. The van der Waals surface area contributed by atoms with Gasteiger partial charge in [-0.2, -0.15) is 5.11 Å². The zero-order valence-electron chi connectivity index (χ0n) is 15.5. The topological polar surface area (TPSA) is 156 Å². The molecule has 0 radical (unpaired) electrons. The first-order valence-corrected chi connectivity index (χ1v) is 8.50. The molecule has 3 aromatic carbocycles. The molecule has 0 amide bonds. The molecule has 11 heteroatoms. The number of azo groups is 2. The highest BCUT2D eigenvalue weighted by Gasteiger charge is 2.14. The lowest BCUT2D eigenvalue weighted by molar-refractivity contribution is -0.384. The highest BCUT2D eigenvalue weighted by molar-refractivity contribution is 5.64. The van der Waals surface area contributed by atoms with E-state index in [1.54, 1.807) is 19.1 Å². The fourth-order valence-electron chi connectivity index (χ4n) is 2.50. The van der Waals surface area contributed by atoms with Gasteiger partial charge in [0.1, 0.15) is 11.4 Å².